The summed E-state index contributed by atoms with van der Waals surface area (Å²) in [5, 5.41) is 9.59. The molecule has 0 bridgehead atoms. The van der Waals surface area contributed by atoms with E-state index in [1.165, 1.54) is 36.5 Å². The van der Waals surface area contributed by atoms with Crippen molar-refractivity contribution in [3.63, 3.8) is 0 Å². The van der Waals surface area contributed by atoms with Gasteiger partial charge in [0.1, 0.15) is 0 Å². The van der Waals surface area contributed by atoms with Gasteiger partial charge >= 0.3 is 0 Å². The normalized spacial score (nSPS) is 11.6. The second-order valence-corrected chi connectivity index (χ2v) is 8.51. The van der Waals surface area contributed by atoms with Gasteiger partial charge in [0.15, 0.2) is 32.2 Å². The summed E-state index contributed by atoms with van der Waals surface area (Å²) in [4.78, 5) is 16.5. The van der Waals surface area contributed by atoms with E-state index in [-0.39, 0.29) is 22.0 Å². The van der Waals surface area contributed by atoms with Gasteiger partial charge in [-0.1, -0.05) is 18.2 Å². The van der Waals surface area contributed by atoms with Gasteiger partial charge in [-0.3, -0.25) is 9.89 Å². The topological polar surface area (TPSA) is 105 Å². The number of amides is 1. The van der Waals surface area contributed by atoms with Crippen LogP contribution in [-0.4, -0.2) is 35.8 Å². The average molecular weight is 428 g/mol. The van der Waals surface area contributed by atoms with Crippen LogP contribution >= 0.6 is 0 Å². The molecule has 2 N–H and O–H groups in total. The molecule has 30 heavy (non-hydrogen) atoms. The average Bonchev–Trinajstić information content (AvgIpc) is 3.13. The number of halogens is 2. The Morgan fingerprint density at radius 1 is 1.10 bits per heavy atom. The van der Waals surface area contributed by atoms with Gasteiger partial charge in [0, 0.05) is 17.2 Å². The summed E-state index contributed by atoms with van der Waals surface area (Å²) in [7, 11) is -3.46. The molecule has 0 radical (unpaired) electrons. The third kappa shape index (κ3) is 3.64. The highest BCUT2D eigenvalue weighted by molar-refractivity contribution is 7.90. The molecule has 4 aromatic rings. The van der Waals surface area contributed by atoms with E-state index in [9.17, 15) is 22.0 Å². The number of nitrogens with zero attached hydrogens (tertiary/aromatic N) is 2. The summed E-state index contributed by atoms with van der Waals surface area (Å²) in [6.45, 7) is 0. The number of nitrogens with one attached hydrogen (secondary N) is 2. The maximum absolute atomic E-state index is 14.1. The quantitative estimate of drug-likeness (QED) is 0.517. The molecule has 0 saturated heterocycles. The molecule has 7 nitrogen and oxygen atoms in total. The van der Waals surface area contributed by atoms with Crippen molar-refractivity contribution < 1.29 is 22.0 Å². The molecule has 0 saturated carbocycles. The number of sulfone groups is 1. The Bertz CT molecular complexity index is 1380. The van der Waals surface area contributed by atoms with Gasteiger partial charge in [-0.05, 0) is 35.9 Å². The smallest absolute Gasteiger partial charge is 0.276 e. The van der Waals surface area contributed by atoms with Crippen molar-refractivity contribution in [1.82, 2.24) is 15.2 Å². The zero-order chi connectivity index (χ0) is 21.5. The van der Waals surface area contributed by atoms with E-state index in [2.05, 4.69) is 20.5 Å². The highest BCUT2D eigenvalue weighted by Gasteiger charge is 2.17. The van der Waals surface area contributed by atoms with Gasteiger partial charge in [0.25, 0.3) is 5.91 Å². The van der Waals surface area contributed by atoms with Crippen LogP contribution in [0.3, 0.4) is 0 Å². The number of fused-ring (bicyclic) bond motifs is 1. The lowest BCUT2D eigenvalue weighted by Gasteiger charge is -2.06. The van der Waals surface area contributed by atoms with E-state index < -0.39 is 27.4 Å². The number of pyridine rings is 1. The van der Waals surface area contributed by atoms with Crippen molar-refractivity contribution in [2.75, 3.05) is 11.6 Å². The Morgan fingerprint density at radius 3 is 2.60 bits per heavy atom. The molecule has 2 heterocycles. The minimum absolute atomic E-state index is 0.0378. The summed E-state index contributed by atoms with van der Waals surface area (Å²) < 4.78 is 50.7. The third-order valence-corrected chi connectivity index (χ3v) is 5.42. The number of rotatable bonds is 4. The van der Waals surface area contributed by atoms with Crippen LogP contribution in [0.5, 0.6) is 0 Å². The van der Waals surface area contributed by atoms with Crippen LogP contribution < -0.4 is 5.32 Å². The summed E-state index contributed by atoms with van der Waals surface area (Å²) in [6, 6.07) is 11.3. The number of hydrogen-bond donors (Lipinski definition) is 2. The van der Waals surface area contributed by atoms with Gasteiger partial charge < -0.3 is 5.32 Å². The van der Waals surface area contributed by atoms with E-state index in [0.29, 0.717) is 16.5 Å². The molecule has 2 aromatic heterocycles. The van der Waals surface area contributed by atoms with E-state index in [0.717, 1.165) is 12.3 Å². The molecule has 10 heteroatoms. The molecule has 0 aliphatic rings. The van der Waals surface area contributed by atoms with Crippen LogP contribution in [0.15, 0.2) is 59.8 Å². The summed E-state index contributed by atoms with van der Waals surface area (Å²) in [5.41, 5.74) is 1.29. The molecular formula is C20H14F2N4O3S. The molecule has 152 valence electrons. The lowest BCUT2D eigenvalue weighted by molar-refractivity contribution is 0.102. The number of H-pyrrole nitrogens is 1. The first-order chi connectivity index (χ1) is 14.2. The van der Waals surface area contributed by atoms with Gasteiger partial charge in [-0.2, -0.15) is 5.10 Å². The molecule has 0 unspecified atom stereocenters. The fourth-order valence-corrected chi connectivity index (χ4v) is 3.50. The van der Waals surface area contributed by atoms with E-state index in [1.807, 2.05) is 0 Å². The first-order valence-corrected chi connectivity index (χ1v) is 10.5. The number of anilines is 1. The lowest BCUT2D eigenvalue weighted by Crippen LogP contribution is -2.13. The van der Waals surface area contributed by atoms with Crippen molar-refractivity contribution in [1.29, 1.82) is 0 Å². The fraction of sp³-hybridized carbons (Fsp3) is 0.0500. The molecule has 0 fully saturated rings. The second kappa shape index (κ2) is 7.30. The second-order valence-electron chi connectivity index (χ2n) is 6.55. The van der Waals surface area contributed by atoms with Crippen molar-refractivity contribution in [3.05, 3.63) is 72.1 Å². The predicted octanol–water partition coefficient (Wildman–Crippen LogP) is 3.56. The van der Waals surface area contributed by atoms with Crippen molar-refractivity contribution in [2.45, 2.75) is 5.03 Å². The lowest BCUT2D eigenvalue weighted by atomic mass is 10.0. The zero-order valence-electron chi connectivity index (χ0n) is 15.5. The van der Waals surface area contributed by atoms with Crippen LogP contribution in [-0.2, 0) is 9.84 Å². The SMILES string of the molecule is CS(=O)(=O)c1ccc(NC(=O)c2n[nH]c3ccc(-c4cccc(F)c4F)cc23)cn1. The molecule has 0 aliphatic carbocycles. The summed E-state index contributed by atoms with van der Waals surface area (Å²) in [6.07, 6.45) is 2.25. The van der Waals surface area contributed by atoms with Gasteiger partial charge in [0.05, 0.1) is 17.4 Å². The largest absolute Gasteiger partial charge is 0.319 e. The van der Waals surface area contributed by atoms with Crippen LogP contribution in [0.4, 0.5) is 14.5 Å². The minimum Gasteiger partial charge on any atom is -0.319 e. The molecule has 0 atom stereocenters. The maximum atomic E-state index is 14.1. The van der Waals surface area contributed by atoms with Crippen molar-refractivity contribution in [2.24, 2.45) is 0 Å². The predicted molar refractivity (Wildman–Crippen MR) is 107 cm³/mol. The number of benzene rings is 2. The number of carbonyl (C=O) groups is 1. The van der Waals surface area contributed by atoms with Gasteiger partial charge in [-0.25, -0.2) is 22.2 Å². The Kier molecular flexibility index (Phi) is 4.78. The molecule has 4 rings (SSSR count). The zero-order valence-corrected chi connectivity index (χ0v) is 16.3. The third-order valence-electron chi connectivity index (χ3n) is 4.41. The number of hydrogen-bond acceptors (Lipinski definition) is 5. The summed E-state index contributed by atoms with van der Waals surface area (Å²) >= 11 is 0. The highest BCUT2D eigenvalue weighted by atomic mass is 32.2. The van der Waals surface area contributed by atoms with E-state index in [4.69, 9.17) is 0 Å². The Balaban J connectivity index is 1.67. The van der Waals surface area contributed by atoms with Gasteiger partial charge in [0.2, 0.25) is 0 Å². The van der Waals surface area contributed by atoms with Crippen LogP contribution in [0, 0.1) is 11.6 Å². The fourth-order valence-electron chi connectivity index (χ4n) is 2.95. The molecule has 0 spiro atoms. The van der Waals surface area contributed by atoms with Crippen LogP contribution in [0.25, 0.3) is 22.0 Å². The van der Waals surface area contributed by atoms with Crippen molar-refractivity contribution >= 4 is 32.3 Å². The van der Waals surface area contributed by atoms with Crippen LogP contribution in [0.1, 0.15) is 10.5 Å². The molecular weight excluding hydrogens is 414 g/mol. The Hall–Kier alpha value is -3.66. The van der Waals surface area contributed by atoms with E-state index >= 15 is 0 Å². The van der Waals surface area contributed by atoms with E-state index in [1.54, 1.807) is 12.1 Å². The van der Waals surface area contributed by atoms with Gasteiger partial charge in [-0.15, -0.1) is 0 Å². The molecule has 0 aliphatic heterocycles. The molecule has 2 aromatic carbocycles. The number of aromatic amines is 1. The number of carbonyl (C=O) groups excluding carboxylic acids is 1. The summed E-state index contributed by atoms with van der Waals surface area (Å²) in [5.74, 6) is -2.53. The highest BCUT2D eigenvalue weighted by Crippen LogP contribution is 2.28. The maximum Gasteiger partial charge on any atom is 0.276 e. The first-order valence-electron chi connectivity index (χ1n) is 8.64. The Morgan fingerprint density at radius 2 is 1.90 bits per heavy atom. The minimum atomic E-state index is -3.46. The van der Waals surface area contributed by atoms with Crippen LogP contribution in [0.2, 0.25) is 0 Å². The molecule has 1 amide bonds. The number of aromatic nitrogens is 3. The monoisotopic (exact) mass is 428 g/mol. The first kappa shape index (κ1) is 19.6. The van der Waals surface area contributed by atoms with Crippen molar-refractivity contribution in [3.8, 4) is 11.1 Å². The standard InChI is InChI=1S/C20H14F2N4O3S/c1-30(28,29)17-8-6-12(10-23-17)24-20(27)19-14-9-11(5-7-16(14)25-26-19)13-3-2-4-15(21)18(13)22/h2-10H,1H3,(H,24,27)(H,25,26). The Labute approximate surface area is 169 Å².